The quantitative estimate of drug-likeness (QED) is 0.732. The maximum Gasteiger partial charge on any atom is 0.160 e. The van der Waals surface area contributed by atoms with Gasteiger partial charge in [0.05, 0.1) is 6.10 Å². The van der Waals surface area contributed by atoms with E-state index in [9.17, 15) is 0 Å². The normalized spacial score (nSPS) is 24.3. The molecule has 1 aromatic rings. The molecule has 0 spiro atoms. The Hall–Kier alpha value is -0.470. The van der Waals surface area contributed by atoms with Gasteiger partial charge in [-0.25, -0.2) is 0 Å². The Labute approximate surface area is 125 Å². The van der Waals surface area contributed by atoms with Crippen LogP contribution in [0.5, 0.6) is 5.75 Å². The standard InChI is InChI=1S/C15H21Cl2NO/c1-15(2,3)10-4-6-11(7-5-10)19-14-12(16)8-18-9-13(14)17/h8-11H,4-7H2,1-3H3/t10-,11+. The van der Waals surface area contributed by atoms with E-state index >= 15 is 0 Å². The fraction of sp³-hybridized carbons (Fsp3) is 0.667. The summed E-state index contributed by atoms with van der Waals surface area (Å²) < 4.78 is 5.97. The lowest BCUT2D eigenvalue weighted by Gasteiger charge is -2.37. The van der Waals surface area contributed by atoms with E-state index in [4.69, 9.17) is 27.9 Å². The zero-order chi connectivity index (χ0) is 14.0. The van der Waals surface area contributed by atoms with Gasteiger partial charge < -0.3 is 4.74 Å². The number of hydrogen-bond acceptors (Lipinski definition) is 2. The molecule has 1 heterocycles. The monoisotopic (exact) mass is 301 g/mol. The van der Waals surface area contributed by atoms with Crippen LogP contribution in [-0.2, 0) is 0 Å². The van der Waals surface area contributed by atoms with E-state index in [0.29, 0.717) is 21.2 Å². The average Bonchev–Trinajstić information content (AvgIpc) is 2.33. The van der Waals surface area contributed by atoms with Crippen LogP contribution < -0.4 is 4.74 Å². The molecule has 0 N–H and O–H groups in total. The minimum atomic E-state index is 0.219. The number of rotatable bonds is 2. The first-order valence-electron chi connectivity index (χ1n) is 6.83. The van der Waals surface area contributed by atoms with Gasteiger partial charge in [-0.1, -0.05) is 44.0 Å². The molecule has 2 rings (SSSR count). The van der Waals surface area contributed by atoms with Gasteiger partial charge in [0.15, 0.2) is 5.75 Å². The van der Waals surface area contributed by atoms with E-state index in [2.05, 4.69) is 25.8 Å². The van der Waals surface area contributed by atoms with Crippen LogP contribution in [-0.4, -0.2) is 11.1 Å². The second-order valence-electron chi connectivity index (χ2n) is 6.39. The summed E-state index contributed by atoms with van der Waals surface area (Å²) in [5.74, 6) is 1.35. The third kappa shape index (κ3) is 3.76. The first-order chi connectivity index (χ1) is 8.88. The van der Waals surface area contributed by atoms with Gasteiger partial charge in [0.25, 0.3) is 0 Å². The molecule has 0 bridgehead atoms. The molecule has 0 amide bonds. The summed E-state index contributed by atoms with van der Waals surface area (Å²) in [6, 6.07) is 0. The van der Waals surface area contributed by atoms with E-state index in [-0.39, 0.29) is 6.10 Å². The summed E-state index contributed by atoms with van der Waals surface area (Å²) in [4.78, 5) is 3.94. The lowest BCUT2D eigenvalue weighted by atomic mass is 9.72. The predicted molar refractivity (Wildman–Crippen MR) is 80.1 cm³/mol. The molecule has 0 atom stereocenters. The Balaban J connectivity index is 1.96. The molecule has 0 saturated heterocycles. The second-order valence-corrected chi connectivity index (χ2v) is 7.20. The molecular formula is C15H21Cl2NO. The highest BCUT2D eigenvalue weighted by molar-refractivity contribution is 6.36. The predicted octanol–water partition coefficient (Wildman–Crippen LogP) is 5.37. The highest BCUT2D eigenvalue weighted by Crippen LogP contribution is 2.40. The van der Waals surface area contributed by atoms with Gasteiger partial charge in [-0.05, 0) is 37.0 Å². The van der Waals surface area contributed by atoms with Crippen LogP contribution in [0.4, 0.5) is 0 Å². The SMILES string of the molecule is CC(C)(C)[C@H]1CC[C@@H](Oc2c(Cl)cncc2Cl)CC1. The minimum absolute atomic E-state index is 0.219. The van der Waals surface area contributed by atoms with E-state index in [1.807, 2.05) is 0 Å². The van der Waals surface area contributed by atoms with Crippen molar-refractivity contribution < 1.29 is 4.74 Å². The van der Waals surface area contributed by atoms with Crippen LogP contribution in [0, 0.1) is 11.3 Å². The molecule has 0 radical (unpaired) electrons. The fourth-order valence-corrected chi connectivity index (χ4v) is 3.18. The molecule has 0 unspecified atom stereocenters. The molecule has 106 valence electrons. The maximum atomic E-state index is 6.08. The average molecular weight is 302 g/mol. The Morgan fingerprint density at radius 3 is 2.05 bits per heavy atom. The Kier molecular flexibility index (Phi) is 4.62. The van der Waals surface area contributed by atoms with Crippen molar-refractivity contribution in [2.75, 3.05) is 0 Å². The zero-order valence-corrected chi connectivity index (χ0v) is 13.3. The molecule has 0 aliphatic heterocycles. The Morgan fingerprint density at radius 2 is 1.58 bits per heavy atom. The molecule has 1 aliphatic rings. The van der Waals surface area contributed by atoms with Crippen LogP contribution >= 0.6 is 23.2 Å². The number of halogens is 2. The molecule has 1 aromatic heterocycles. The van der Waals surface area contributed by atoms with Crippen molar-refractivity contribution >= 4 is 23.2 Å². The highest BCUT2D eigenvalue weighted by atomic mass is 35.5. The van der Waals surface area contributed by atoms with Crippen LogP contribution in [0.2, 0.25) is 10.0 Å². The van der Waals surface area contributed by atoms with Gasteiger partial charge in [-0.2, -0.15) is 0 Å². The molecule has 1 saturated carbocycles. The Morgan fingerprint density at radius 1 is 1.05 bits per heavy atom. The molecule has 2 nitrogen and oxygen atoms in total. The van der Waals surface area contributed by atoms with Crippen molar-refractivity contribution in [3.8, 4) is 5.75 Å². The van der Waals surface area contributed by atoms with Gasteiger partial charge in [0.2, 0.25) is 0 Å². The van der Waals surface area contributed by atoms with Crippen LogP contribution in [0.1, 0.15) is 46.5 Å². The lowest BCUT2D eigenvalue weighted by Crippen LogP contribution is -2.30. The van der Waals surface area contributed by atoms with Gasteiger partial charge >= 0.3 is 0 Å². The second kappa shape index (κ2) is 5.88. The summed E-state index contributed by atoms with van der Waals surface area (Å²) in [6.07, 6.45) is 7.90. The van der Waals surface area contributed by atoms with Crippen molar-refractivity contribution in [2.24, 2.45) is 11.3 Å². The zero-order valence-electron chi connectivity index (χ0n) is 11.7. The third-order valence-corrected chi connectivity index (χ3v) is 4.53. The largest absolute Gasteiger partial charge is 0.487 e. The molecule has 1 aliphatic carbocycles. The first-order valence-corrected chi connectivity index (χ1v) is 7.59. The summed E-state index contributed by atoms with van der Waals surface area (Å²) >= 11 is 12.2. The minimum Gasteiger partial charge on any atom is -0.487 e. The van der Waals surface area contributed by atoms with Gasteiger partial charge in [-0.3, -0.25) is 4.98 Å². The van der Waals surface area contributed by atoms with Crippen molar-refractivity contribution in [3.05, 3.63) is 22.4 Å². The lowest BCUT2D eigenvalue weighted by molar-refractivity contribution is 0.0883. The van der Waals surface area contributed by atoms with E-state index in [1.54, 1.807) is 12.4 Å². The van der Waals surface area contributed by atoms with Gasteiger partial charge in [-0.15, -0.1) is 0 Å². The van der Waals surface area contributed by atoms with Crippen LogP contribution in [0.3, 0.4) is 0 Å². The molecule has 1 fully saturated rings. The molecular weight excluding hydrogens is 281 g/mol. The number of ether oxygens (including phenoxy) is 1. The summed E-state index contributed by atoms with van der Waals surface area (Å²) in [7, 11) is 0. The highest BCUT2D eigenvalue weighted by Gasteiger charge is 2.30. The fourth-order valence-electron chi connectivity index (χ4n) is 2.73. The molecule has 4 heteroatoms. The smallest absolute Gasteiger partial charge is 0.160 e. The van der Waals surface area contributed by atoms with E-state index in [1.165, 1.54) is 12.8 Å². The summed E-state index contributed by atoms with van der Waals surface area (Å²) in [5.41, 5.74) is 0.386. The number of aromatic nitrogens is 1. The van der Waals surface area contributed by atoms with E-state index in [0.717, 1.165) is 18.8 Å². The number of nitrogens with zero attached hydrogens (tertiary/aromatic N) is 1. The number of hydrogen-bond donors (Lipinski definition) is 0. The first kappa shape index (κ1) is 14.9. The van der Waals surface area contributed by atoms with E-state index < -0.39 is 0 Å². The van der Waals surface area contributed by atoms with Crippen LogP contribution in [0.15, 0.2) is 12.4 Å². The van der Waals surface area contributed by atoms with Crippen molar-refractivity contribution in [2.45, 2.75) is 52.6 Å². The van der Waals surface area contributed by atoms with Crippen molar-refractivity contribution in [3.63, 3.8) is 0 Å². The maximum absolute atomic E-state index is 6.08. The Bertz CT molecular complexity index is 414. The van der Waals surface area contributed by atoms with Crippen molar-refractivity contribution in [1.82, 2.24) is 4.98 Å². The topological polar surface area (TPSA) is 22.1 Å². The summed E-state index contributed by atoms with van der Waals surface area (Å²) in [5, 5.41) is 0.982. The van der Waals surface area contributed by atoms with Crippen molar-refractivity contribution in [1.29, 1.82) is 0 Å². The van der Waals surface area contributed by atoms with Gasteiger partial charge in [0.1, 0.15) is 10.0 Å². The molecule has 19 heavy (non-hydrogen) atoms. The number of pyridine rings is 1. The molecule has 0 aromatic carbocycles. The van der Waals surface area contributed by atoms with Crippen LogP contribution in [0.25, 0.3) is 0 Å². The summed E-state index contributed by atoms with van der Waals surface area (Å²) in [6.45, 7) is 6.94. The van der Waals surface area contributed by atoms with Gasteiger partial charge in [0, 0.05) is 12.4 Å². The third-order valence-electron chi connectivity index (χ3n) is 3.99.